The minimum Gasteiger partial charge on any atom is -0.363 e. The average molecular weight is 453 g/mol. The van der Waals surface area contributed by atoms with Crippen LogP contribution in [0.3, 0.4) is 0 Å². The number of thiazole rings is 1. The summed E-state index contributed by atoms with van der Waals surface area (Å²) in [7, 11) is 0. The SMILES string of the molecule is O=C(Nc1nc2[nH]nc(NCc3cccc(CI)c3)c2s1)C1CC1. The van der Waals surface area contributed by atoms with E-state index >= 15 is 0 Å². The maximum absolute atomic E-state index is 11.8. The van der Waals surface area contributed by atoms with Gasteiger partial charge >= 0.3 is 0 Å². The number of fused-ring (bicyclic) bond motifs is 1. The summed E-state index contributed by atoms with van der Waals surface area (Å²) in [4.78, 5) is 16.2. The van der Waals surface area contributed by atoms with Gasteiger partial charge in [-0.2, -0.15) is 5.10 Å². The van der Waals surface area contributed by atoms with Gasteiger partial charge in [-0.3, -0.25) is 9.89 Å². The summed E-state index contributed by atoms with van der Waals surface area (Å²) in [5, 5.41) is 14.1. The highest BCUT2D eigenvalue weighted by atomic mass is 127. The monoisotopic (exact) mass is 453 g/mol. The second kappa shape index (κ2) is 6.67. The molecule has 2 heterocycles. The van der Waals surface area contributed by atoms with Crippen LogP contribution in [0.2, 0.25) is 0 Å². The molecule has 0 unspecified atom stereocenters. The Hall–Kier alpha value is -1.68. The highest BCUT2D eigenvalue weighted by Gasteiger charge is 2.30. The second-order valence-corrected chi connectivity index (χ2v) is 7.60. The second-order valence-electron chi connectivity index (χ2n) is 5.84. The molecule has 4 rings (SSSR count). The highest BCUT2D eigenvalue weighted by Crippen LogP contribution is 2.33. The van der Waals surface area contributed by atoms with Crippen LogP contribution in [-0.2, 0) is 15.8 Å². The summed E-state index contributed by atoms with van der Waals surface area (Å²) in [5.41, 5.74) is 3.23. The first-order valence-electron chi connectivity index (χ1n) is 7.76. The lowest BCUT2D eigenvalue weighted by Crippen LogP contribution is -2.12. The normalized spacial score (nSPS) is 14.0. The van der Waals surface area contributed by atoms with Crippen LogP contribution in [0.15, 0.2) is 24.3 Å². The molecule has 0 atom stereocenters. The molecule has 0 aliphatic heterocycles. The maximum atomic E-state index is 11.8. The predicted molar refractivity (Wildman–Crippen MR) is 105 cm³/mol. The molecule has 1 amide bonds. The molecule has 8 heteroatoms. The van der Waals surface area contributed by atoms with Gasteiger partial charge in [0, 0.05) is 16.9 Å². The lowest BCUT2D eigenvalue weighted by atomic mass is 10.1. The molecule has 6 nitrogen and oxygen atoms in total. The number of hydrogen-bond donors (Lipinski definition) is 3. The number of nitrogens with one attached hydrogen (secondary N) is 3. The van der Waals surface area contributed by atoms with Gasteiger partial charge < -0.3 is 10.6 Å². The van der Waals surface area contributed by atoms with Crippen molar-refractivity contribution in [2.75, 3.05) is 10.6 Å². The molecule has 1 saturated carbocycles. The van der Waals surface area contributed by atoms with Gasteiger partial charge in [0.15, 0.2) is 16.6 Å². The summed E-state index contributed by atoms with van der Waals surface area (Å²) in [6.07, 6.45) is 1.97. The molecular formula is C16H16IN5OS. The maximum Gasteiger partial charge on any atom is 0.229 e. The summed E-state index contributed by atoms with van der Waals surface area (Å²) < 4.78 is 1.93. The first-order chi connectivity index (χ1) is 11.7. The van der Waals surface area contributed by atoms with E-state index in [0.29, 0.717) is 17.3 Å². The number of aromatic amines is 1. The predicted octanol–water partition coefficient (Wildman–Crippen LogP) is 3.92. The van der Waals surface area contributed by atoms with Crippen molar-refractivity contribution in [2.24, 2.45) is 5.92 Å². The van der Waals surface area contributed by atoms with Crippen molar-refractivity contribution in [1.29, 1.82) is 0 Å². The van der Waals surface area contributed by atoms with Gasteiger partial charge in [0.2, 0.25) is 5.91 Å². The molecule has 1 fully saturated rings. The number of carbonyl (C=O) groups excluding carboxylic acids is 1. The molecule has 124 valence electrons. The van der Waals surface area contributed by atoms with Gasteiger partial charge in [0.25, 0.3) is 0 Å². The fourth-order valence-corrected chi connectivity index (χ4v) is 3.81. The van der Waals surface area contributed by atoms with Crippen LogP contribution in [0.1, 0.15) is 24.0 Å². The molecule has 2 aromatic heterocycles. The molecule has 24 heavy (non-hydrogen) atoms. The van der Waals surface area contributed by atoms with E-state index in [2.05, 4.69) is 72.7 Å². The Bertz CT molecular complexity index is 886. The van der Waals surface area contributed by atoms with Crippen molar-refractivity contribution < 1.29 is 4.79 Å². The van der Waals surface area contributed by atoms with E-state index < -0.39 is 0 Å². The molecule has 1 aromatic carbocycles. The van der Waals surface area contributed by atoms with E-state index in [-0.39, 0.29) is 11.8 Å². The van der Waals surface area contributed by atoms with Gasteiger partial charge in [-0.15, -0.1) is 0 Å². The third-order valence-corrected chi connectivity index (χ3v) is 5.76. The summed E-state index contributed by atoms with van der Waals surface area (Å²) in [5.74, 6) is 1.02. The topological polar surface area (TPSA) is 82.7 Å². The zero-order valence-electron chi connectivity index (χ0n) is 12.8. The number of aromatic nitrogens is 3. The van der Waals surface area contributed by atoms with E-state index in [1.165, 1.54) is 22.5 Å². The number of anilines is 2. The van der Waals surface area contributed by atoms with Crippen LogP contribution >= 0.6 is 33.9 Å². The van der Waals surface area contributed by atoms with Gasteiger partial charge in [-0.25, -0.2) is 4.98 Å². The van der Waals surface area contributed by atoms with Crippen molar-refractivity contribution in [2.45, 2.75) is 23.8 Å². The molecule has 0 bridgehead atoms. The fourth-order valence-electron chi connectivity index (χ4n) is 2.45. The first kappa shape index (κ1) is 15.8. The van der Waals surface area contributed by atoms with Crippen molar-refractivity contribution in [3.05, 3.63) is 35.4 Å². The lowest BCUT2D eigenvalue weighted by Gasteiger charge is -2.05. The Balaban J connectivity index is 1.47. The molecule has 1 aliphatic rings. The number of nitrogens with zero attached hydrogens (tertiary/aromatic N) is 2. The van der Waals surface area contributed by atoms with Crippen LogP contribution in [0.5, 0.6) is 0 Å². The number of alkyl halides is 1. The Morgan fingerprint density at radius 2 is 2.21 bits per heavy atom. The van der Waals surface area contributed by atoms with Crippen LogP contribution < -0.4 is 10.6 Å². The van der Waals surface area contributed by atoms with Gasteiger partial charge in [0.1, 0.15) is 4.70 Å². The Morgan fingerprint density at radius 1 is 1.38 bits per heavy atom. The molecule has 0 spiro atoms. The van der Waals surface area contributed by atoms with E-state index in [1.54, 1.807) is 0 Å². The van der Waals surface area contributed by atoms with E-state index in [0.717, 1.165) is 27.8 Å². The number of carbonyl (C=O) groups is 1. The molecular weight excluding hydrogens is 437 g/mol. The number of halogens is 1. The first-order valence-corrected chi connectivity index (χ1v) is 10.1. The summed E-state index contributed by atoms with van der Waals surface area (Å²) in [6, 6.07) is 8.49. The summed E-state index contributed by atoms with van der Waals surface area (Å²) >= 11 is 3.81. The van der Waals surface area contributed by atoms with Gasteiger partial charge in [-0.05, 0) is 24.0 Å². The lowest BCUT2D eigenvalue weighted by molar-refractivity contribution is -0.117. The van der Waals surface area contributed by atoms with Crippen molar-refractivity contribution in [3.63, 3.8) is 0 Å². The third-order valence-electron chi connectivity index (χ3n) is 3.90. The number of H-pyrrole nitrogens is 1. The Kier molecular flexibility index (Phi) is 4.40. The smallest absolute Gasteiger partial charge is 0.229 e. The molecule has 1 aliphatic carbocycles. The third kappa shape index (κ3) is 3.39. The van der Waals surface area contributed by atoms with E-state index in [9.17, 15) is 4.79 Å². The fraction of sp³-hybridized carbons (Fsp3) is 0.312. The van der Waals surface area contributed by atoms with E-state index in [1.807, 2.05) is 0 Å². The molecule has 0 radical (unpaired) electrons. The highest BCUT2D eigenvalue weighted by molar-refractivity contribution is 14.1. The molecule has 0 saturated heterocycles. The Morgan fingerprint density at radius 3 is 3.00 bits per heavy atom. The van der Waals surface area contributed by atoms with Crippen LogP contribution in [0, 0.1) is 5.92 Å². The largest absolute Gasteiger partial charge is 0.363 e. The van der Waals surface area contributed by atoms with Gasteiger partial charge in [0.05, 0.1) is 0 Å². The van der Waals surface area contributed by atoms with Crippen molar-refractivity contribution in [3.8, 4) is 0 Å². The molecule has 3 aromatic rings. The number of amides is 1. The van der Waals surface area contributed by atoms with Crippen molar-refractivity contribution in [1.82, 2.24) is 15.2 Å². The minimum absolute atomic E-state index is 0.0736. The number of rotatable bonds is 6. The Labute approximate surface area is 156 Å². The zero-order chi connectivity index (χ0) is 16.5. The van der Waals surface area contributed by atoms with Gasteiger partial charge in [-0.1, -0.05) is 58.2 Å². The molecule has 3 N–H and O–H groups in total. The van der Waals surface area contributed by atoms with Crippen LogP contribution in [-0.4, -0.2) is 21.1 Å². The number of benzene rings is 1. The standard InChI is InChI=1S/C16H16IN5OS/c17-7-9-2-1-3-10(6-9)8-18-13-12-14(22-21-13)19-16(24-12)20-15(23)11-4-5-11/h1-3,6,11H,4-5,7-8H2,(H3,18,19,20,21,22,23). The zero-order valence-corrected chi connectivity index (χ0v) is 15.8. The quantitative estimate of drug-likeness (QED) is 0.391. The van der Waals surface area contributed by atoms with Crippen LogP contribution in [0.25, 0.3) is 10.3 Å². The van der Waals surface area contributed by atoms with Crippen molar-refractivity contribution >= 4 is 61.1 Å². The number of hydrogen-bond acceptors (Lipinski definition) is 5. The minimum atomic E-state index is 0.0736. The van der Waals surface area contributed by atoms with E-state index in [4.69, 9.17) is 0 Å². The summed E-state index contributed by atoms with van der Waals surface area (Å²) in [6.45, 7) is 0.700. The van der Waals surface area contributed by atoms with Crippen LogP contribution in [0.4, 0.5) is 10.9 Å². The average Bonchev–Trinajstić information content (AvgIpc) is 3.28.